The summed E-state index contributed by atoms with van der Waals surface area (Å²) in [4.78, 5) is 41.7. The smallest absolute Gasteiger partial charge is 0.350 e. The average molecular weight is 567 g/mol. The molecule has 41 heavy (non-hydrogen) atoms. The summed E-state index contributed by atoms with van der Waals surface area (Å²) in [6.07, 6.45) is 8.85. The van der Waals surface area contributed by atoms with Crippen LogP contribution in [0.3, 0.4) is 0 Å². The molecule has 0 saturated carbocycles. The van der Waals surface area contributed by atoms with Gasteiger partial charge in [0.25, 0.3) is 5.60 Å². The van der Waals surface area contributed by atoms with Crippen molar-refractivity contribution in [3.05, 3.63) is 70.1 Å². The fourth-order valence-electron chi connectivity index (χ4n) is 5.87. The lowest BCUT2D eigenvalue weighted by molar-refractivity contribution is -0.154. The third-order valence-electron chi connectivity index (χ3n) is 8.39. The molecule has 0 amide bonds. The van der Waals surface area contributed by atoms with E-state index in [1.54, 1.807) is 18.2 Å². The van der Waals surface area contributed by atoms with Gasteiger partial charge in [0.2, 0.25) is 5.78 Å². The number of carbonyl (C=O) groups excluding carboxylic acids is 3. The van der Waals surface area contributed by atoms with Gasteiger partial charge in [-0.15, -0.1) is 0 Å². The molecule has 2 aliphatic heterocycles. The first-order valence-corrected chi connectivity index (χ1v) is 14.6. The Morgan fingerprint density at radius 3 is 2.49 bits per heavy atom. The van der Waals surface area contributed by atoms with Crippen LogP contribution in [0.25, 0.3) is 0 Å². The van der Waals surface area contributed by atoms with E-state index in [0.717, 1.165) is 30.4 Å². The standard InChI is InChI=1S/C32H42N2O7/c1-3-4-5-9-24(10-8-17-35)40-30(39)32-29(38)26-12-7-6-11-25(26)28(37)31(32,41-32)19-23(20-36)21(2)13-14-22-15-16-34-27(33)18-22/h6-7,11-12,15,18,24,34-36H,3-5,8-10,13-14,16-17,19-20,33H2,1-2H3/b23-21-/t24-,31+,32+/m1/s1. The lowest BCUT2D eigenvalue weighted by atomic mass is 9.71. The van der Waals surface area contributed by atoms with Crippen LogP contribution in [0, 0.1) is 0 Å². The van der Waals surface area contributed by atoms with Crippen LogP contribution in [-0.4, -0.2) is 64.8 Å². The maximum Gasteiger partial charge on any atom is 0.350 e. The molecule has 3 atom stereocenters. The number of hydrogen-bond acceptors (Lipinski definition) is 9. The molecule has 4 rings (SSSR count). The highest BCUT2D eigenvalue weighted by molar-refractivity contribution is 6.32. The Bertz CT molecular complexity index is 1270. The monoisotopic (exact) mass is 566 g/mol. The van der Waals surface area contributed by atoms with Gasteiger partial charge in [0.15, 0.2) is 11.4 Å². The van der Waals surface area contributed by atoms with Gasteiger partial charge in [-0.1, -0.05) is 55.7 Å². The summed E-state index contributed by atoms with van der Waals surface area (Å²) < 4.78 is 11.9. The van der Waals surface area contributed by atoms with Crippen LogP contribution in [0.1, 0.15) is 92.4 Å². The van der Waals surface area contributed by atoms with Crippen molar-refractivity contribution in [2.24, 2.45) is 5.73 Å². The lowest BCUT2D eigenvalue weighted by Gasteiger charge is -2.27. The molecule has 1 aliphatic carbocycles. The fraction of sp³-hybridized carbons (Fsp3) is 0.531. The van der Waals surface area contributed by atoms with E-state index in [4.69, 9.17) is 15.2 Å². The molecule has 0 bridgehead atoms. The minimum Gasteiger partial charge on any atom is -0.460 e. The number of benzene rings is 1. The number of esters is 1. The zero-order chi connectivity index (χ0) is 29.6. The number of hydrogen-bond donors (Lipinski definition) is 4. The van der Waals surface area contributed by atoms with Crippen LogP contribution in [-0.2, 0) is 14.3 Å². The second-order valence-corrected chi connectivity index (χ2v) is 11.2. The number of dihydropyridines is 1. The number of aliphatic hydroxyl groups is 2. The predicted molar refractivity (Wildman–Crippen MR) is 154 cm³/mol. The molecule has 9 nitrogen and oxygen atoms in total. The van der Waals surface area contributed by atoms with E-state index in [2.05, 4.69) is 12.2 Å². The number of ketones is 2. The predicted octanol–water partition coefficient (Wildman–Crippen LogP) is 3.65. The Kier molecular flexibility index (Phi) is 9.84. The molecule has 1 aromatic carbocycles. The van der Waals surface area contributed by atoms with Gasteiger partial charge in [-0.05, 0) is 62.7 Å². The summed E-state index contributed by atoms with van der Waals surface area (Å²) in [5, 5.41) is 22.8. The summed E-state index contributed by atoms with van der Waals surface area (Å²) in [6, 6.07) is 6.41. The molecular weight excluding hydrogens is 524 g/mol. The zero-order valence-corrected chi connectivity index (χ0v) is 24.0. The Hall–Kier alpha value is -3.27. The van der Waals surface area contributed by atoms with Crippen molar-refractivity contribution in [1.82, 2.24) is 5.32 Å². The second kappa shape index (κ2) is 13.1. The number of rotatable bonds is 15. The Morgan fingerprint density at radius 2 is 1.83 bits per heavy atom. The Balaban J connectivity index is 1.64. The first kappa shape index (κ1) is 30.7. The summed E-state index contributed by atoms with van der Waals surface area (Å²) in [5.41, 5.74) is 4.80. The van der Waals surface area contributed by atoms with Crippen molar-refractivity contribution in [2.45, 2.75) is 88.9 Å². The van der Waals surface area contributed by atoms with E-state index in [1.807, 2.05) is 19.1 Å². The average Bonchev–Trinajstić information content (AvgIpc) is 3.68. The minimum absolute atomic E-state index is 0.0437. The molecule has 9 heteroatoms. The number of Topliss-reactive ketones (excluding diaryl/α,β-unsaturated/α-hetero) is 2. The van der Waals surface area contributed by atoms with Gasteiger partial charge in [0.1, 0.15) is 6.10 Å². The van der Waals surface area contributed by atoms with Gasteiger partial charge in [0, 0.05) is 30.7 Å². The van der Waals surface area contributed by atoms with Crippen LogP contribution < -0.4 is 11.1 Å². The number of fused-ring (bicyclic) bond motifs is 2. The van der Waals surface area contributed by atoms with Crippen LogP contribution in [0.4, 0.5) is 0 Å². The molecule has 222 valence electrons. The molecule has 0 unspecified atom stereocenters. The molecule has 1 saturated heterocycles. The van der Waals surface area contributed by atoms with Crippen molar-refractivity contribution < 1.29 is 34.1 Å². The normalized spacial score (nSPS) is 24.3. The molecule has 2 heterocycles. The molecule has 0 spiro atoms. The fourth-order valence-corrected chi connectivity index (χ4v) is 5.87. The van der Waals surface area contributed by atoms with Crippen molar-refractivity contribution in [1.29, 1.82) is 0 Å². The third kappa shape index (κ3) is 6.03. The maximum atomic E-state index is 14.0. The van der Waals surface area contributed by atoms with Gasteiger partial charge >= 0.3 is 5.97 Å². The number of nitrogens with one attached hydrogen (secondary N) is 1. The molecule has 3 aliphatic rings. The third-order valence-corrected chi connectivity index (χ3v) is 8.39. The van der Waals surface area contributed by atoms with Crippen LogP contribution in [0.15, 0.2) is 59.0 Å². The molecule has 1 aromatic rings. The number of unbranched alkanes of at least 4 members (excludes halogenated alkanes) is 2. The SMILES string of the molecule is CCCCC[C@H](CCCO)OC(=O)[C@]12O[C@@]1(C/C(CO)=C(\C)CCC1=CCNC(N)=C1)C(=O)c1ccccc1C2=O. The van der Waals surface area contributed by atoms with Crippen molar-refractivity contribution in [3.63, 3.8) is 0 Å². The minimum atomic E-state index is -2.10. The number of epoxide rings is 1. The lowest BCUT2D eigenvalue weighted by Crippen LogP contribution is -2.51. The van der Waals surface area contributed by atoms with Gasteiger partial charge < -0.3 is 30.7 Å². The van der Waals surface area contributed by atoms with Crippen molar-refractivity contribution >= 4 is 17.5 Å². The van der Waals surface area contributed by atoms with E-state index >= 15 is 0 Å². The van der Waals surface area contributed by atoms with E-state index in [1.165, 1.54) is 6.07 Å². The number of carbonyl (C=O) groups is 3. The van der Waals surface area contributed by atoms with Gasteiger partial charge in [-0.25, -0.2) is 4.79 Å². The number of nitrogens with two attached hydrogens (primary N) is 1. The summed E-state index contributed by atoms with van der Waals surface area (Å²) >= 11 is 0. The molecule has 5 N–H and O–H groups in total. The van der Waals surface area contributed by atoms with Gasteiger partial charge in [-0.2, -0.15) is 0 Å². The van der Waals surface area contributed by atoms with Gasteiger partial charge in [0.05, 0.1) is 12.4 Å². The Labute approximate surface area is 241 Å². The van der Waals surface area contributed by atoms with Crippen LogP contribution >= 0.6 is 0 Å². The van der Waals surface area contributed by atoms with E-state index in [9.17, 15) is 24.6 Å². The number of aliphatic hydroxyl groups excluding tert-OH is 2. The molecular formula is C32H42N2O7. The number of allylic oxidation sites excluding steroid dienone is 3. The van der Waals surface area contributed by atoms with E-state index in [0.29, 0.717) is 50.0 Å². The van der Waals surface area contributed by atoms with E-state index in [-0.39, 0.29) is 30.8 Å². The second-order valence-electron chi connectivity index (χ2n) is 11.2. The first-order chi connectivity index (χ1) is 19.7. The quantitative estimate of drug-likeness (QED) is 0.0820. The highest BCUT2D eigenvalue weighted by Gasteiger charge is 2.85. The van der Waals surface area contributed by atoms with Gasteiger partial charge in [-0.3, -0.25) is 9.59 Å². The van der Waals surface area contributed by atoms with Crippen LogP contribution in [0.2, 0.25) is 0 Å². The summed E-state index contributed by atoms with van der Waals surface area (Å²) in [7, 11) is 0. The van der Waals surface area contributed by atoms with Crippen molar-refractivity contribution in [2.75, 3.05) is 19.8 Å². The largest absolute Gasteiger partial charge is 0.460 e. The molecule has 0 radical (unpaired) electrons. The van der Waals surface area contributed by atoms with Crippen LogP contribution in [0.5, 0.6) is 0 Å². The van der Waals surface area contributed by atoms with E-state index < -0.39 is 34.8 Å². The zero-order valence-electron chi connectivity index (χ0n) is 24.0. The molecule has 1 fully saturated rings. The highest BCUT2D eigenvalue weighted by atomic mass is 16.7. The summed E-state index contributed by atoms with van der Waals surface area (Å²) in [6.45, 7) is 4.20. The Morgan fingerprint density at radius 1 is 1.12 bits per heavy atom. The topological polar surface area (TPSA) is 151 Å². The van der Waals surface area contributed by atoms with Crippen molar-refractivity contribution in [3.8, 4) is 0 Å². The maximum absolute atomic E-state index is 14.0. The first-order valence-electron chi connectivity index (χ1n) is 14.6. The summed E-state index contributed by atoms with van der Waals surface area (Å²) in [5.74, 6) is -1.34. The molecule has 0 aromatic heterocycles. The highest BCUT2D eigenvalue weighted by Crippen LogP contribution is 2.59. The number of ether oxygens (including phenoxy) is 2.